The molecule has 0 radical (unpaired) electrons. The highest BCUT2D eigenvalue weighted by Gasteiger charge is 2.20. The van der Waals surface area contributed by atoms with Crippen molar-refractivity contribution in [2.45, 2.75) is 38.2 Å². The zero-order valence-corrected chi connectivity index (χ0v) is 15.9. The Labute approximate surface area is 151 Å². The number of rotatable bonds is 6. The zero-order valence-electron chi connectivity index (χ0n) is 13.6. The van der Waals surface area contributed by atoms with E-state index in [0.717, 1.165) is 0 Å². The molecule has 2 N–H and O–H groups in total. The normalized spacial score (nSPS) is 13.2. The lowest BCUT2D eigenvalue weighted by atomic mass is 10.1. The van der Waals surface area contributed by atoms with Gasteiger partial charge in [-0.05, 0) is 51.0 Å². The van der Waals surface area contributed by atoms with Gasteiger partial charge in [-0.3, -0.25) is 0 Å². The van der Waals surface area contributed by atoms with Crippen molar-refractivity contribution in [1.29, 1.82) is 0 Å². The second-order valence-corrected chi connectivity index (χ2v) is 8.15. The van der Waals surface area contributed by atoms with Gasteiger partial charge in [0.2, 0.25) is 10.0 Å². The van der Waals surface area contributed by atoms with E-state index < -0.39 is 16.1 Å². The second kappa shape index (κ2) is 7.45. The van der Waals surface area contributed by atoms with Crippen molar-refractivity contribution in [3.8, 4) is 0 Å². The molecule has 2 rings (SSSR count). The third-order valence-electron chi connectivity index (χ3n) is 3.65. The van der Waals surface area contributed by atoms with Crippen LogP contribution in [0.5, 0.6) is 0 Å². The quantitative estimate of drug-likeness (QED) is 0.781. The molecule has 1 unspecified atom stereocenters. The maximum absolute atomic E-state index is 12.4. The number of aliphatic hydroxyl groups is 1. The lowest BCUT2D eigenvalue weighted by Gasteiger charge is -2.12. The van der Waals surface area contributed by atoms with Gasteiger partial charge in [-0.15, -0.1) is 0 Å². The molecule has 0 saturated heterocycles. The molecular formula is C16H19Cl2NO4S. The zero-order chi connectivity index (χ0) is 18.1. The SMILES string of the molecule is Cc1cc(C(O)CCNS(=O)(=O)c2cc(C)c(Cl)cc2Cl)c(C)o1. The molecule has 1 aromatic carbocycles. The Morgan fingerprint density at radius 3 is 2.42 bits per heavy atom. The molecule has 0 saturated carbocycles. The van der Waals surface area contributed by atoms with Crippen LogP contribution in [0, 0.1) is 20.8 Å². The van der Waals surface area contributed by atoms with E-state index in [1.165, 1.54) is 12.1 Å². The molecule has 1 heterocycles. The monoisotopic (exact) mass is 391 g/mol. The van der Waals surface area contributed by atoms with Crippen molar-refractivity contribution < 1.29 is 17.9 Å². The Morgan fingerprint density at radius 1 is 1.17 bits per heavy atom. The number of halogens is 2. The smallest absolute Gasteiger partial charge is 0.242 e. The molecule has 132 valence electrons. The van der Waals surface area contributed by atoms with Crippen LogP contribution >= 0.6 is 23.2 Å². The van der Waals surface area contributed by atoms with Crippen LogP contribution in [0.2, 0.25) is 10.0 Å². The minimum atomic E-state index is -3.79. The van der Waals surface area contributed by atoms with Crippen LogP contribution in [0.3, 0.4) is 0 Å². The summed E-state index contributed by atoms with van der Waals surface area (Å²) in [6.07, 6.45) is -0.601. The van der Waals surface area contributed by atoms with E-state index in [1.807, 2.05) is 0 Å². The summed E-state index contributed by atoms with van der Waals surface area (Å²) in [6, 6.07) is 4.57. The highest BCUT2D eigenvalue weighted by atomic mass is 35.5. The number of hydrogen-bond acceptors (Lipinski definition) is 4. The van der Waals surface area contributed by atoms with Crippen molar-refractivity contribution in [2.75, 3.05) is 6.54 Å². The molecule has 8 heteroatoms. The van der Waals surface area contributed by atoms with Crippen molar-refractivity contribution >= 4 is 33.2 Å². The summed E-state index contributed by atoms with van der Waals surface area (Å²) < 4.78 is 32.5. The van der Waals surface area contributed by atoms with E-state index in [9.17, 15) is 13.5 Å². The topological polar surface area (TPSA) is 79.5 Å². The van der Waals surface area contributed by atoms with Crippen LogP contribution in [0.4, 0.5) is 0 Å². The van der Waals surface area contributed by atoms with Gasteiger partial charge in [0.25, 0.3) is 0 Å². The van der Waals surface area contributed by atoms with Gasteiger partial charge < -0.3 is 9.52 Å². The molecule has 0 fully saturated rings. The molecule has 0 aliphatic rings. The van der Waals surface area contributed by atoms with E-state index in [2.05, 4.69) is 4.72 Å². The fourth-order valence-corrected chi connectivity index (χ4v) is 4.26. The molecule has 2 aromatic rings. The number of furan rings is 1. The largest absolute Gasteiger partial charge is 0.466 e. The fourth-order valence-electron chi connectivity index (χ4n) is 2.38. The number of aliphatic hydroxyl groups excluding tert-OH is 1. The van der Waals surface area contributed by atoms with E-state index in [0.29, 0.717) is 27.7 Å². The van der Waals surface area contributed by atoms with Crippen LogP contribution in [0.25, 0.3) is 0 Å². The van der Waals surface area contributed by atoms with Gasteiger partial charge >= 0.3 is 0 Å². The van der Waals surface area contributed by atoms with Crippen molar-refractivity contribution in [3.05, 3.63) is 50.9 Å². The summed E-state index contributed by atoms with van der Waals surface area (Å²) in [5.41, 5.74) is 1.28. The Kier molecular flexibility index (Phi) is 5.99. The van der Waals surface area contributed by atoms with Crippen LogP contribution in [0.1, 0.15) is 35.2 Å². The minimum Gasteiger partial charge on any atom is -0.466 e. The molecule has 24 heavy (non-hydrogen) atoms. The summed E-state index contributed by atoms with van der Waals surface area (Å²) in [4.78, 5) is -0.0316. The first-order valence-electron chi connectivity index (χ1n) is 7.32. The Bertz CT molecular complexity index is 846. The highest BCUT2D eigenvalue weighted by molar-refractivity contribution is 7.89. The average molecular weight is 392 g/mol. The Hall–Kier alpha value is -1.05. The first-order valence-corrected chi connectivity index (χ1v) is 9.56. The molecule has 0 aliphatic heterocycles. The Morgan fingerprint density at radius 2 is 1.83 bits per heavy atom. The maximum atomic E-state index is 12.4. The van der Waals surface area contributed by atoms with Gasteiger partial charge in [0.1, 0.15) is 16.4 Å². The number of benzene rings is 1. The molecule has 0 amide bonds. The lowest BCUT2D eigenvalue weighted by molar-refractivity contribution is 0.167. The first kappa shape index (κ1) is 19.3. The summed E-state index contributed by atoms with van der Waals surface area (Å²) >= 11 is 11.9. The van der Waals surface area contributed by atoms with Crippen LogP contribution in [-0.2, 0) is 10.0 Å². The molecular weight excluding hydrogens is 373 g/mol. The van der Waals surface area contributed by atoms with Gasteiger partial charge in [-0.25, -0.2) is 13.1 Å². The van der Waals surface area contributed by atoms with Crippen LogP contribution < -0.4 is 4.72 Å². The average Bonchev–Trinajstić information content (AvgIpc) is 2.81. The van der Waals surface area contributed by atoms with E-state index in [4.69, 9.17) is 27.6 Å². The molecule has 0 bridgehead atoms. The first-order chi connectivity index (χ1) is 11.1. The van der Waals surface area contributed by atoms with E-state index in [-0.39, 0.29) is 22.9 Å². The number of aryl methyl sites for hydroxylation is 3. The Balaban J connectivity index is 2.06. The van der Waals surface area contributed by atoms with Gasteiger partial charge in [0.05, 0.1) is 11.1 Å². The molecule has 1 aromatic heterocycles. The minimum absolute atomic E-state index is 0.0316. The third-order valence-corrected chi connectivity index (χ3v) is 5.98. The fraction of sp³-hybridized carbons (Fsp3) is 0.375. The summed E-state index contributed by atoms with van der Waals surface area (Å²) in [6.45, 7) is 5.30. The standard InChI is InChI=1S/C16H19Cl2NO4S/c1-9-6-16(14(18)8-13(9)17)24(21,22)19-5-4-15(20)12-7-10(2)23-11(12)3/h6-8,15,19-20H,4-5H2,1-3H3. The predicted octanol–water partition coefficient (Wildman–Crippen LogP) is 3.91. The maximum Gasteiger partial charge on any atom is 0.242 e. The number of hydrogen-bond donors (Lipinski definition) is 2. The van der Waals surface area contributed by atoms with Crippen molar-refractivity contribution in [2.24, 2.45) is 0 Å². The molecule has 0 aliphatic carbocycles. The van der Waals surface area contributed by atoms with E-state index in [1.54, 1.807) is 26.8 Å². The number of sulfonamides is 1. The van der Waals surface area contributed by atoms with Gasteiger partial charge in [0.15, 0.2) is 0 Å². The summed E-state index contributed by atoms with van der Waals surface area (Å²) in [5.74, 6) is 1.32. The van der Waals surface area contributed by atoms with Gasteiger partial charge in [-0.1, -0.05) is 23.2 Å². The van der Waals surface area contributed by atoms with Crippen LogP contribution in [-0.4, -0.2) is 20.1 Å². The van der Waals surface area contributed by atoms with Gasteiger partial charge in [-0.2, -0.15) is 0 Å². The van der Waals surface area contributed by atoms with Gasteiger partial charge in [0, 0.05) is 17.1 Å². The third kappa shape index (κ3) is 4.32. The second-order valence-electron chi connectivity index (χ2n) is 5.60. The van der Waals surface area contributed by atoms with Crippen molar-refractivity contribution in [3.63, 3.8) is 0 Å². The number of nitrogens with one attached hydrogen (secondary N) is 1. The highest BCUT2D eigenvalue weighted by Crippen LogP contribution is 2.28. The molecule has 0 spiro atoms. The summed E-state index contributed by atoms with van der Waals surface area (Å²) in [7, 11) is -3.79. The van der Waals surface area contributed by atoms with Crippen LogP contribution in [0.15, 0.2) is 27.5 Å². The summed E-state index contributed by atoms with van der Waals surface area (Å²) in [5, 5.41) is 10.6. The molecule has 5 nitrogen and oxygen atoms in total. The van der Waals surface area contributed by atoms with Crippen molar-refractivity contribution in [1.82, 2.24) is 4.72 Å². The molecule has 1 atom stereocenters. The predicted molar refractivity (Wildman–Crippen MR) is 94.1 cm³/mol. The van der Waals surface area contributed by atoms with E-state index >= 15 is 0 Å². The lowest BCUT2D eigenvalue weighted by Crippen LogP contribution is -2.26.